The second-order valence-corrected chi connectivity index (χ2v) is 9.96. The van der Waals surface area contributed by atoms with Crippen molar-refractivity contribution < 1.29 is 9.21 Å². The lowest BCUT2D eigenvalue weighted by molar-refractivity contribution is 0.0930. The van der Waals surface area contributed by atoms with Crippen molar-refractivity contribution in [3.63, 3.8) is 0 Å². The van der Waals surface area contributed by atoms with Crippen LogP contribution in [0, 0.1) is 0 Å². The molecule has 2 aromatic heterocycles. The quantitative estimate of drug-likeness (QED) is 0.376. The minimum atomic E-state index is -0.404. The lowest BCUT2D eigenvalue weighted by Gasteiger charge is -2.28. The predicted molar refractivity (Wildman–Crippen MR) is 132 cm³/mol. The summed E-state index contributed by atoms with van der Waals surface area (Å²) in [5.41, 5.74) is 4.20. The third kappa shape index (κ3) is 3.95. The lowest BCUT2D eigenvalue weighted by Crippen LogP contribution is -2.38. The number of amides is 1. The Balaban J connectivity index is 1.22. The number of thiophene rings is 1. The van der Waals surface area contributed by atoms with E-state index in [2.05, 4.69) is 39.8 Å². The molecule has 166 valence electrons. The highest BCUT2D eigenvalue weighted by atomic mass is 35.5. The fourth-order valence-electron chi connectivity index (χ4n) is 4.59. The van der Waals surface area contributed by atoms with Gasteiger partial charge in [0.05, 0.1) is 5.56 Å². The second kappa shape index (κ2) is 8.37. The molecule has 2 N–H and O–H groups in total. The summed E-state index contributed by atoms with van der Waals surface area (Å²) in [5, 5.41) is 8.15. The molecular weight excluding hydrogens is 454 g/mol. The fourth-order valence-corrected chi connectivity index (χ4v) is 6.10. The van der Waals surface area contributed by atoms with Crippen molar-refractivity contribution in [3.05, 3.63) is 99.1 Å². The summed E-state index contributed by atoms with van der Waals surface area (Å²) in [7, 11) is 0. The van der Waals surface area contributed by atoms with E-state index in [1.807, 2.05) is 42.5 Å². The number of hydrogen-bond acceptors (Lipinski definition) is 5. The van der Waals surface area contributed by atoms with Gasteiger partial charge in [-0.2, -0.15) is 0 Å². The molecule has 4 aromatic rings. The molecular formula is C26H22ClN3O2S. The van der Waals surface area contributed by atoms with Gasteiger partial charge in [-0.25, -0.2) is 0 Å². The summed E-state index contributed by atoms with van der Waals surface area (Å²) in [5.74, 6) is 1.35. The van der Waals surface area contributed by atoms with Crippen LogP contribution < -0.4 is 10.6 Å². The van der Waals surface area contributed by atoms with Crippen LogP contribution in [-0.4, -0.2) is 17.4 Å². The summed E-state index contributed by atoms with van der Waals surface area (Å²) in [6, 6.07) is 21.9. The average molecular weight is 476 g/mol. The number of carbonyl (C=O) groups excluding carboxylic acids is 1. The first-order valence-electron chi connectivity index (χ1n) is 11.0. The van der Waals surface area contributed by atoms with E-state index in [1.165, 1.54) is 16.0 Å². The van der Waals surface area contributed by atoms with Gasteiger partial charge >= 0.3 is 0 Å². The maximum absolute atomic E-state index is 13.1. The zero-order chi connectivity index (χ0) is 22.4. The molecule has 0 radical (unpaired) electrons. The third-order valence-corrected chi connectivity index (χ3v) is 7.57. The van der Waals surface area contributed by atoms with E-state index in [1.54, 1.807) is 11.3 Å². The predicted octanol–water partition coefficient (Wildman–Crippen LogP) is 6.07. The van der Waals surface area contributed by atoms with Crippen molar-refractivity contribution in [3.8, 4) is 11.3 Å². The number of benzene rings is 2. The zero-order valence-corrected chi connectivity index (χ0v) is 19.4. The highest BCUT2D eigenvalue weighted by Crippen LogP contribution is 2.41. The lowest BCUT2D eigenvalue weighted by atomic mass is 10.0. The maximum Gasteiger partial charge on any atom is 0.256 e. The van der Waals surface area contributed by atoms with Crippen molar-refractivity contribution in [2.75, 3.05) is 11.9 Å². The topological polar surface area (TPSA) is 57.5 Å². The highest BCUT2D eigenvalue weighted by Gasteiger charge is 2.34. The normalized spacial score (nSPS) is 17.7. The molecule has 2 aromatic carbocycles. The van der Waals surface area contributed by atoms with E-state index in [9.17, 15) is 4.79 Å². The van der Waals surface area contributed by atoms with Gasteiger partial charge in [-0.1, -0.05) is 54.1 Å². The molecule has 0 spiro atoms. The number of furan rings is 1. The van der Waals surface area contributed by atoms with E-state index in [0.717, 1.165) is 47.9 Å². The largest absolute Gasteiger partial charge is 0.457 e. The summed E-state index contributed by atoms with van der Waals surface area (Å²) in [6.45, 7) is 2.73. The summed E-state index contributed by atoms with van der Waals surface area (Å²) in [4.78, 5) is 16.8. The molecule has 2 aliphatic rings. The Morgan fingerprint density at radius 2 is 1.94 bits per heavy atom. The van der Waals surface area contributed by atoms with Gasteiger partial charge in [0.1, 0.15) is 16.5 Å². The zero-order valence-electron chi connectivity index (χ0n) is 17.8. The Labute approximate surface area is 201 Å². The summed E-state index contributed by atoms with van der Waals surface area (Å²) >= 11 is 7.80. The van der Waals surface area contributed by atoms with E-state index in [4.69, 9.17) is 16.0 Å². The van der Waals surface area contributed by atoms with Crippen molar-refractivity contribution in [2.24, 2.45) is 0 Å². The monoisotopic (exact) mass is 475 g/mol. The van der Waals surface area contributed by atoms with E-state index < -0.39 is 6.17 Å². The summed E-state index contributed by atoms with van der Waals surface area (Å²) in [6.07, 6.45) is 0.478. The number of nitrogens with zero attached hydrogens (tertiary/aromatic N) is 1. The smallest absolute Gasteiger partial charge is 0.256 e. The Morgan fingerprint density at radius 1 is 1.06 bits per heavy atom. The van der Waals surface area contributed by atoms with Crippen LogP contribution in [0.2, 0.25) is 5.02 Å². The van der Waals surface area contributed by atoms with Gasteiger partial charge in [0, 0.05) is 35.1 Å². The maximum atomic E-state index is 13.1. The number of hydrogen-bond donors (Lipinski definition) is 2. The van der Waals surface area contributed by atoms with Crippen LogP contribution in [0.15, 0.2) is 71.1 Å². The van der Waals surface area contributed by atoms with Crippen LogP contribution in [0.25, 0.3) is 11.3 Å². The number of rotatable bonds is 4. The number of carbonyl (C=O) groups is 1. The molecule has 2 aliphatic heterocycles. The van der Waals surface area contributed by atoms with Crippen LogP contribution >= 0.6 is 22.9 Å². The van der Waals surface area contributed by atoms with Crippen LogP contribution in [0.5, 0.6) is 0 Å². The first-order valence-corrected chi connectivity index (χ1v) is 12.2. The minimum absolute atomic E-state index is 0.0385. The molecule has 0 unspecified atom stereocenters. The number of nitrogens with one attached hydrogen (secondary N) is 2. The van der Waals surface area contributed by atoms with Crippen LogP contribution in [0.3, 0.4) is 0 Å². The van der Waals surface area contributed by atoms with Gasteiger partial charge in [0.25, 0.3) is 5.91 Å². The Morgan fingerprint density at radius 3 is 2.79 bits per heavy atom. The van der Waals surface area contributed by atoms with Gasteiger partial charge in [-0.3, -0.25) is 9.69 Å². The molecule has 7 heteroatoms. The van der Waals surface area contributed by atoms with Crippen LogP contribution in [-0.2, 0) is 19.5 Å². The van der Waals surface area contributed by atoms with E-state index in [-0.39, 0.29) is 5.91 Å². The van der Waals surface area contributed by atoms with Crippen LogP contribution in [0.1, 0.15) is 38.3 Å². The highest BCUT2D eigenvalue weighted by molar-refractivity contribution is 7.16. The number of anilines is 1. The standard InChI is InChI=1S/C26H22ClN3O2S/c27-18-8-4-7-17(13-18)20-9-10-21(32-20)24-28-25(31)23-19-11-12-30(14-16-5-2-1-3-6-16)15-22(19)33-26(23)29-24/h1-10,13,24,29H,11-12,14-15H2,(H,28,31)/t24-/m1/s1. The first-order chi connectivity index (χ1) is 16.1. The van der Waals surface area contributed by atoms with Gasteiger partial charge in [0.15, 0.2) is 6.17 Å². The molecule has 1 atom stereocenters. The number of halogens is 1. The summed E-state index contributed by atoms with van der Waals surface area (Å²) < 4.78 is 6.07. The molecule has 1 amide bonds. The molecule has 0 bridgehead atoms. The van der Waals surface area contributed by atoms with Crippen molar-refractivity contribution in [2.45, 2.75) is 25.7 Å². The van der Waals surface area contributed by atoms with Gasteiger partial charge in [0.2, 0.25) is 0 Å². The number of fused-ring (bicyclic) bond motifs is 3. The van der Waals surface area contributed by atoms with Gasteiger partial charge in [-0.15, -0.1) is 11.3 Å². The Hall–Kier alpha value is -3.06. The Bertz CT molecular complexity index is 1330. The van der Waals surface area contributed by atoms with Crippen molar-refractivity contribution in [1.82, 2.24) is 10.2 Å². The first kappa shape index (κ1) is 20.5. The molecule has 33 heavy (non-hydrogen) atoms. The Kier molecular flexibility index (Phi) is 5.21. The molecule has 5 nitrogen and oxygen atoms in total. The van der Waals surface area contributed by atoms with Crippen molar-refractivity contribution in [1.29, 1.82) is 0 Å². The van der Waals surface area contributed by atoms with Crippen molar-refractivity contribution >= 4 is 33.8 Å². The average Bonchev–Trinajstić information content (AvgIpc) is 3.45. The third-order valence-electron chi connectivity index (χ3n) is 6.18. The molecule has 0 saturated carbocycles. The molecule has 0 aliphatic carbocycles. The van der Waals surface area contributed by atoms with E-state index in [0.29, 0.717) is 10.8 Å². The fraction of sp³-hybridized carbons (Fsp3) is 0.192. The minimum Gasteiger partial charge on any atom is -0.457 e. The molecule has 0 saturated heterocycles. The van der Waals surface area contributed by atoms with E-state index >= 15 is 0 Å². The molecule has 4 heterocycles. The second-order valence-electron chi connectivity index (χ2n) is 8.42. The molecule has 0 fully saturated rings. The SMILES string of the molecule is O=C1N[C@@H](c2ccc(-c3cccc(Cl)c3)o2)Nc2sc3c(c21)CCN(Cc1ccccc1)C3. The molecule has 6 rings (SSSR count). The van der Waals surface area contributed by atoms with Gasteiger partial charge < -0.3 is 15.1 Å². The van der Waals surface area contributed by atoms with Gasteiger partial charge in [-0.05, 0) is 41.8 Å². The van der Waals surface area contributed by atoms with Crippen LogP contribution in [0.4, 0.5) is 5.00 Å².